The summed E-state index contributed by atoms with van der Waals surface area (Å²) in [5.41, 5.74) is 4.69. The van der Waals surface area contributed by atoms with Gasteiger partial charge in [0.05, 0.1) is 31.1 Å². The van der Waals surface area contributed by atoms with Crippen molar-refractivity contribution < 1.29 is 14.3 Å². The Balaban J connectivity index is 1.55. The van der Waals surface area contributed by atoms with Crippen LogP contribution in [0.25, 0.3) is 10.9 Å². The summed E-state index contributed by atoms with van der Waals surface area (Å²) in [6.45, 7) is 4.13. The Morgan fingerprint density at radius 2 is 2.19 bits per heavy atom. The maximum Gasteiger partial charge on any atom is 0.337 e. The molecule has 4 heterocycles. The van der Waals surface area contributed by atoms with Crippen molar-refractivity contribution in [1.82, 2.24) is 9.88 Å². The molecule has 26 heavy (non-hydrogen) atoms. The molecule has 3 aliphatic heterocycles. The second-order valence-electron chi connectivity index (χ2n) is 7.74. The van der Waals surface area contributed by atoms with Crippen LogP contribution >= 0.6 is 0 Å². The number of fused-ring (bicyclic) bond motifs is 6. The number of piperidine rings is 1. The fraction of sp³-hybridized carbons (Fsp3) is 0.476. The third-order valence-corrected chi connectivity index (χ3v) is 6.54. The average Bonchev–Trinajstić information content (AvgIpc) is 3.06. The predicted octanol–water partition coefficient (Wildman–Crippen LogP) is 3.18. The monoisotopic (exact) mass is 352 g/mol. The number of carbonyl (C=O) groups is 1. The van der Waals surface area contributed by atoms with Crippen molar-refractivity contribution in [2.24, 2.45) is 11.8 Å². The molecular formula is C21H24N2O3. The van der Waals surface area contributed by atoms with Crippen LogP contribution in [0.2, 0.25) is 0 Å². The van der Waals surface area contributed by atoms with E-state index in [-0.39, 0.29) is 18.0 Å². The summed E-state index contributed by atoms with van der Waals surface area (Å²) in [5, 5.41) is 1.34. The highest BCUT2D eigenvalue weighted by Crippen LogP contribution is 2.47. The average molecular weight is 352 g/mol. The number of hydrogen-bond donors (Lipinski definition) is 1. The molecule has 0 spiro atoms. The number of nitrogens with zero attached hydrogens (tertiary/aromatic N) is 1. The van der Waals surface area contributed by atoms with E-state index in [0.29, 0.717) is 17.5 Å². The van der Waals surface area contributed by atoms with Gasteiger partial charge >= 0.3 is 5.97 Å². The van der Waals surface area contributed by atoms with E-state index in [1.807, 2.05) is 0 Å². The van der Waals surface area contributed by atoms with Crippen molar-refractivity contribution in [3.05, 3.63) is 47.4 Å². The van der Waals surface area contributed by atoms with Crippen molar-refractivity contribution in [2.75, 3.05) is 20.2 Å². The van der Waals surface area contributed by atoms with Gasteiger partial charge in [0.1, 0.15) is 0 Å². The van der Waals surface area contributed by atoms with Gasteiger partial charge in [-0.3, -0.25) is 4.90 Å². The fourth-order valence-electron chi connectivity index (χ4n) is 5.19. The van der Waals surface area contributed by atoms with E-state index in [9.17, 15) is 4.79 Å². The molecule has 136 valence electrons. The summed E-state index contributed by atoms with van der Waals surface area (Å²) >= 11 is 0. The number of para-hydroxylation sites is 1. The molecule has 1 fully saturated rings. The van der Waals surface area contributed by atoms with E-state index in [2.05, 4.69) is 41.1 Å². The number of nitrogens with one attached hydrogen (secondary N) is 1. The van der Waals surface area contributed by atoms with Crippen LogP contribution in [0.3, 0.4) is 0 Å². The van der Waals surface area contributed by atoms with Crippen LogP contribution in [0.4, 0.5) is 0 Å². The molecule has 0 radical (unpaired) electrons. The number of aromatic amines is 1. The molecule has 5 nitrogen and oxygen atoms in total. The van der Waals surface area contributed by atoms with Crippen LogP contribution in [-0.2, 0) is 20.7 Å². The summed E-state index contributed by atoms with van der Waals surface area (Å²) in [6.07, 6.45) is 3.77. The summed E-state index contributed by atoms with van der Waals surface area (Å²) in [6, 6.07) is 8.88. The minimum absolute atomic E-state index is 0.124. The zero-order chi connectivity index (χ0) is 17.8. The summed E-state index contributed by atoms with van der Waals surface area (Å²) in [7, 11) is 1.45. The SMILES string of the molecule is COC(=O)C1=COC(C)C2CN3CCc4c([nH]c5ccccc45)C3C[C@H]12. The van der Waals surface area contributed by atoms with Gasteiger partial charge in [0, 0.05) is 41.5 Å². The standard InChI is InChI=1S/C21H24N2O3/c1-12-16-10-23-8-7-14-13-5-3-4-6-18(13)22-20(14)19(23)9-15(16)17(11-26-12)21(24)25-2/h3-6,11-12,15-16,19,22H,7-10H2,1-2H3/t12?,15-,16?,19?/m0/s1. The van der Waals surface area contributed by atoms with Gasteiger partial charge in [-0.25, -0.2) is 4.79 Å². The first-order valence-corrected chi connectivity index (χ1v) is 9.44. The van der Waals surface area contributed by atoms with Gasteiger partial charge in [0.25, 0.3) is 0 Å². The molecule has 0 bridgehead atoms. The van der Waals surface area contributed by atoms with E-state index in [1.165, 1.54) is 29.3 Å². The molecule has 0 saturated carbocycles. The second-order valence-corrected chi connectivity index (χ2v) is 7.74. The number of hydrogen-bond acceptors (Lipinski definition) is 4. The van der Waals surface area contributed by atoms with Crippen LogP contribution in [-0.4, -0.2) is 42.2 Å². The number of H-pyrrole nitrogens is 1. The highest BCUT2D eigenvalue weighted by atomic mass is 16.5. The Bertz CT molecular complexity index is 900. The first-order chi connectivity index (χ1) is 12.7. The minimum Gasteiger partial charge on any atom is -0.497 e. The second kappa shape index (κ2) is 5.88. The highest BCUT2D eigenvalue weighted by molar-refractivity contribution is 5.89. The van der Waals surface area contributed by atoms with Gasteiger partial charge in [-0.2, -0.15) is 0 Å². The molecule has 5 rings (SSSR count). The van der Waals surface area contributed by atoms with Gasteiger partial charge in [-0.1, -0.05) is 18.2 Å². The van der Waals surface area contributed by atoms with E-state index in [4.69, 9.17) is 9.47 Å². The summed E-state index contributed by atoms with van der Waals surface area (Å²) in [5.74, 6) is 0.258. The van der Waals surface area contributed by atoms with E-state index >= 15 is 0 Å². The zero-order valence-corrected chi connectivity index (χ0v) is 15.2. The molecule has 1 aromatic heterocycles. The molecule has 0 amide bonds. The Morgan fingerprint density at radius 1 is 1.35 bits per heavy atom. The number of benzene rings is 1. The minimum atomic E-state index is -0.256. The highest BCUT2D eigenvalue weighted by Gasteiger charge is 2.46. The lowest BCUT2D eigenvalue weighted by Crippen LogP contribution is -2.51. The Morgan fingerprint density at radius 3 is 3.04 bits per heavy atom. The van der Waals surface area contributed by atoms with Crippen LogP contribution in [0.5, 0.6) is 0 Å². The number of ether oxygens (including phenoxy) is 2. The Kier molecular flexibility index (Phi) is 3.60. The first kappa shape index (κ1) is 15.9. The quantitative estimate of drug-likeness (QED) is 0.801. The van der Waals surface area contributed by atoms with Crippen molar-refractivity contribution in [2.45, 2.75) is 31.9 Å². The molecule has 3 unspecified atom stereocenters. The fourth-order valence-corrected chi connectivity index (χ4v) is 5.19. The molecule has 4 atom stereocenters. The third-order valence-electron chi connectivity index (χ3n) is 6.54. The molecule has 2 aromatic rings. The van der Waals surface area contributed by atoms with Crippen molar-refractivity contribution in [1.29, 1.82) is 0 Å². The first-order valence-electron chi connectivity index (χ1n) is 9.44. The van der Waals surface area contributed by atoms with Crippen molar-refractivity contribution in [3.63, 3.8) is 0 Å². The number of esters is 1. The Labute approximate surface area is 153 Å². The lowest BCUT2D eigenvalue weighted by molar-refractivity contribution is -0.139. The molecule has 1 aromatic carbocycles. The normalized spacial score (nSPS) is 30.6. The topological polar surface area (TPSA) is 54.6 Å². The molecule has 1 N–H and O–H groups in total. The van der Waals surface area contributed by atoms with Gasteiger partial charge in [0.15, 0.2) is 0 Å². The molecule has 1 saturated heterocycles. The smallest absolute Gasteiger partial charge is 0.337 e. The molecule has 3 aliphatic rings. The number of rotatable bonds is 1. The maximum atomic E-state index is 12.3. The van der Waals surface area contributed by atoms with Crippen LogP contribution in [0.15, 0.2) is 36.1 Å². The number of methoxy groups -OCH3 is 1. The van der Waals surface area contributed by atoms with Gasteiger partial charge in [-0.15, -0.1) is 0 Å². The van der Waals surface area contributed by atoms with Crippen LogP contribution in [0, 0.1) is 11.8 Å². The van der Waals surface area contributed by atoms with Crippen LogP contribution in [0.1, 0.15) is 30.6 Å². The third kappa shape index (κ3) is 2.23. The maximum absolute atomic E-state index is 12.3. The van der Waals surface area contributed by atoms with Gasteiger partial charge in [0.2, 0.25) is 0 Å². The van der Waals surface area contributed by atoms with Gasteiger partial charge in [-0.05, 0) is 31.4 Å². The van der Waals surface area contributed by atoms with E-state index in [0.717, 1.165) is 25.9 Å². The number of aromatic nitrogens is 1. The number of carbonyl (C=O) groups excluding carboxylic acids is 1. The van der Waals surface area contributed by atoms with Crippen molar-refractivity contribution in [3.8, 4) is 0 Å². The molecule has 0 aliphatic carbocycles. The van der Waals surface area contributed by atoms with Crippen molar-refractivity contribution >= 4 is 16.9 Å². The molecule has 5 heteroatoms. The molecular weight excluding hydrogens is 328 g/mol. The van der Waals surface area contributed by atoms with Gasteiger partial charge < -0.3 is 14.5 Å². The van der Waals surface area contributed by atoms with Crippen LogP contribution < -0.4 is 0 Å². The van der Waals surface area contributed by atoms with E-state index in [1.54, 1.807) is 6.26 Å². The predicted molar refractivity (Wildman–Crippen MR) is 98.6 cm³/mol. The summed E-state index contributed by atoms with van der Waals surface area (Å²) < 4.78 is 10.8. The lowest BCUT2D eigenvalue weighted by Gasteiger charge is -2.49. The van der Waals surface area contributed by atoms with E-state index < -0.39 is 0 Å². The zero-order valence-electron chi connectivity index (χ0n) is 15.2. The summed E-state index contributed by atoms with van der Waals surface area (Å²) in [4.78, 5) is 18.5. The Hall–Kier alpha value is -2.27. The lowest BCUT2D eigenvalue weighted by atomic mass is 9.72. The largest absolute Gasteiger partial charge is 0.497 e.